The lowest BCUT2D eigenvalue weighted by atomic mass is 10.1. The highest BCUT2D eigenvalue weighted by atomic mass is 16.2. The number of amides is 3. The molecule has 7 nitrogen and oxygen atoms in total. The zero-order valence-corrected chi connectivity index (χ0v) is 14.3. The van der Waals surface area contributed by atoms with Crippen LogP contribution in [0.1, 0.15) is 30.5 Å². The van der Waals surface area contributed by atoms with Crippen molar-refractivity contribution in [2.24, 2.45) is 0 Å². The van der Waals surface area contributed by atoms with Gasteiger partial charge in [0.25, 0.3) is 0 Å². The molecule has 0 unspecified atom stereocenters. The van der Waals surface area contributed by atoms with Crippen LogP contribution in [0.2, 0.25) is 0 Å². The summed E-state index contributed by atoms with van der Waals surface area (Å²) in [5.74, 6) is 0.709. The molecule has 2 aromatic rings. The van der Waals surface area contributed by atoms with Crippen molar-refractivity contribution in [3.05, 3.63) is 41.6 Å². The number of benzene rings is 1. The lowest BCUT2D eigenvalue weighted by Crippen LogP contribution is -2.27. The largest absolute Gasteiger partial charge is 0.343 e. The third-order valence-electron chi connectivity index (χ3n) is 4.25. The second kappa shape index (κ2) is 7.83. The molecular weight excluding hydrogens is 318 g/mol. The van der Waals surface area contributed by atoms with Crippen LogP contribution in [0.3, 0.4) is 0 Å². The third kappa shape index (κ3) is 4.82. The molecule has 7 heteroatoms. The van der Waals surface area contributed by atoms with Gasteiger partial charge in [0, 0.05) is 37.0 Å². The average molecular weight is 341 g/mol. The number of likely N-dealkylation sites (tertiary alicyclic amines) is 1. The molecule has 0 bridgehead atoms. The zero-order valence-electron chi connectivity index (χ0n) is 14.3. The van der Waals surface area contributed by atoms with Crippen molar-refractivity contribution in [3.8, 4) is 0 Å². The van der Waals surface area contributed by atoms with Crippen LogP contribution in [0.5, 0.6) is 0 Å². The average Bonchev–Trinajstić information content (AvgIpc) is 3.26. The number of aromatic amines is 1. The Kier molecular flexibility index (Phi) is 5.33. The van der Waals surface area contributed by atoms with Gasteiger partial charge < -0.3 is 10.2 Å². The van der Waals surface area contributed by atoms with Crippen molar-refractivity contribution in [2.75, 3.05) is 23.7 Å². The van der Waals surface area contributed by atoms with E-state index in [-0.39, 0.29) is 11.9 Å². The van der Waals surface area contributed by atoms with E-state index >= 15 is 0 Å². The molecule has 1 aromatic heterocycles. The number of anilines is 2. The molecular formula is C18H23N5O2. The van der Waals surface area contributed by atoms with Crippen LogP contribution in [0.4, 0.5) is 16.3 Å². The fourth-order valence-electron chi connectivity index (χ4n) is 2.89. The number of nitrogens with one attached hydrogen (secondary N) is 3. The molecule has 3 amide bonds. The van der Waals surface area contributed by atoms with Crippen LogP contribution < -0.4 is 10.6 Å². The lowest BCUT2D eigenvalue weighted by Gasteiger charge is -2.15. The highest BCUT2D eigenvalue weighted by molar-refractivity contribution is 5.99. The second-order valence-electron chi connectivity index (χ2n) is 6.30. The summed E-state index contributed by atoms with van der Waals surface area (Å²) in [6, 6.07) is 8.95. The number of H-pyrrole nitrogens is 1. The van der Waals surface area contributed by atoms with E-state index in [0.29, 0.717) is 24.3 Å². The van der Waals surface area contributed by atoms with Gasteiger partial charge in [-0.25, -0.2) is 4.79 Å². The molecule has 1 aromatic carbocycles. The van der Waals surface area contributed by atoms with Gasteiger partial charge in [-0.1, -0.05) is 12.1 Å². The maximum Gasteiger partial charge on any atom is 0.324 e. The smallest absolute Gasteiger partial charge is 0.324 e. The number of aryl methyl sites for hydroxylation is 2. The Morgan fingerprint density at radius 1 is 1.16 bits per heavy atom. The molecule has 2 heterocycles. The molecule has 0 aliphatic carbocycles. The molecule has 1 aliphatic heterocycles. The molecule has 3 N–H and O–H groups in total. The summed E-state index contributed by atoms with van der Waals surface area (Å²) in [6.07, 6.45) is 3.48. The van der Waals surface area contributed by atoms with Crippen molar-refractivity contribution in [3.63, 3.8) is 0 Å². The highest BCUT2D eigenvalue weighted by Crippen LogP contribution is 2.14. The van der Waals surface area contributed by atoms with Gasteiger partial charge in [0.2, 0.25) is 5.91 Å². The standard InChI is InChI=1S/C18H23N5O2/c1-13-12-16(22-21-13)20-18(25)19-15-7-4-14(5-8-15)6-9-17(24)23-10-2-3-11-23/h4-5,7-8,12H,2-3,6,9-11H2,1H3,(H3,19,20,21,22,25). The van der Waals surface area contributed by atoms with Crippen molar-refractivity contribution >= 4 is 23.4 Å². The first kappa shape index (κ1) is 17.0. The van der Waals surface area contributed by atoms with Crippen LogP contribution in [0.25, 0.3) is 0 Å². The van der Waals surface area contributed by atoms with E-state index in [0.717, 1.165) is 37.2 Å². The lowest BCUT2D eigenvalue weighted by molar-refractivity contribution is -0.130. The van der Waals surface area contributed by atoms with Crippen molar-refractivity contribution in [2.45, 2.75) is 32.6 Å². The number of nitrogens with zero attached hydrogens (tertiary/aromatic N) is 2. The first-order valence-electron chi connectivity index (χ1n) is 8.57. The minimum atomic E-state index is -0.344. The van der Waals surface area contributed by atoms with Crippen LogP contribution in [0.15, 0.2) is 30.3 Å². The molecule has 1 aliphatic rings. The van der Waals surface area contributed by atoms with E-state index in [9.17, 15) is 9.59 Å². The summed E-state index contributed by atoms with van der Waals surface area (Å²) in [5.41, 5.74) is 2.66. The zero-order chi connectivity index (χ0) is 17.6. The van der Waals surface area contributed by atoms with Gasteiger partial charge in [0.15, 0.2) is 5.82 Å². The fourth-order valence-corrected chi connectivity index (χ4v) is 2.89. The summed E-state index contributed by atoms with van der Waals surface area (Å²) in [6.45, 7) is 3.65. The second-order valence-corrected chi connectivity index (χ2v) is 6.30. The summed E-state index contributed by atoms with van der Waals surface area (Å²) in [4.78, 5) is 25.9. The summed E-state index contributed by atoms with van der Waals surface area (Å²) in [5, 5.41) is 12.1. The molecule has 1 saturated heterocycles. The first-order valence-corrected chi connectivity index (χ1v) is 8.57. The monoisotopic (exact) mass is 341 g/mol. The van der Waals surface area contributed by atoms with Crippen LogP contribution in [-0.4, -0.2) is 40.1 Å². The number of carbonyl (C=O) groups excluding carboxylic acids is 2. The molecule has 0 radical (unpaired) electrons. The van der Waals surface area contributed by atoms with Crippen LogP contribution in [0, 0.1) is 6.92 Å². The Hall–Kier alpha value is -2.83. The summed E-state index contributed by atoms with van der Waals surface area (Å²) in [7, 11) is 0. The normalized spacial score (nSPS) is 13.7. The summed E-state index contributed by atoms with van der Waals surface area (Å²) < 4.78 is 0. The molecule has 0 atom stereocenters. The maximum atomic E-state index is 12.1. The van der Waals surface area contributed by atoms with Gasteiger partial charge in [-0.2, -0.15) is 5.10 Å². The fraction of sp³-hybridized carbons (Fsp3) is 0.389. The van der Waals surface area contributed by atoms with Gasteiger partial charge in [-0.05, 0) is 43.9 Å². The third-order valence-corrected chi connectivity index (χ3v) is 4.25. The number of hydrogen-bond donors (Lipinski definition) is 3. The van der Waals surface area contributed by atoms with E-state index in [4.69, 9.17) is 0 Å². The van der Waals surface area contributed by atoms with Crippen molar-refractivity contribution in [1.82, 2.24) is 15.1 Å². The Morgan fingerprint density at radius 3 is 2.52 bits per heavy atom. The number of hydrogen-bond acceptors (Lipinski definition) is 3. The van der Waals surface area contributed by atoms with E-state index in [1.165, 1.54) is 0 Å². The Morgan fingerprint density at radius 2 is 1.88 bits per heavy atom. The first-order chi connectivity index (χ1) is 12.1. The number of rotatable bonds is 5. The van der Waals surface area contributed by atoms with Crippen LogP contribution in [-0.2, 0) is 11.2 Å². The molecule has 25 heavy (non-hydrogen) atoms. The summed E-state index contributed by atoms with van der Waals surface area (Å²) >= 11 is 0. The van der Waals surface area contributed by atoms with Gasteiger partial charge in [-0.15, -0.1) is 0 Å². The predicted octanol–water partition coefficient (Wildman–Crippen LogP) is 2.92. The van der Waals surface area contributed by atoms with E-state index in [2.05, 4.69) is 20.8 Å². The van der Waals surface area contributed by atoms with E-state index in [1.807, 2.05) is 36.1 Å². The highest BCUT2D eigenvalue weighted by Gasteiger charge is 2.17. The topological polar surface area (TPSA) is 90.1 Å². The van der Waals surface area contributed by atoms with Gasteiger partial charge in [0.1, 0.15) is 0 Å². The predicted molar refractivity (Wildman–Crippen MR) is 96.5 cm³/mol. The molecule has 0 saturated carbocycles. The molecule has 132 valence electrons. The van der Waals surface area contributed by atoms with E-state index in [1.54, 1.807) is 6.07 Å². The quantitative estimate of drug-likeness (QED) is 0.781. The van der Waals surface area contributed by atoms with Crippen LogP contribution >= 0.6 is 0 Å². The minimum absolute atomic E-state index is 0.230. The maximum absolute atomic E-state index is 12.1. The Bertz CT molecular complexity index is 732. The van der Waals surface area contributed by atoms with Gasteiger partial charge >= 0.3 is 6.03 Å². The number of urea groups is 1. The molecule has 1 fully saturated rings. The Balaban J connectivity index is 1.46. The van der Waals surface area contributed by atoms with Crippen molar-refractivity contribution < 1.29 is 9.59 Å². The minimum Gasteiger partial charge on any atom is -0.343 e. The van der Waals surface area contributed by atoms with Gasteiger partial charge in [0.05, 0.1) is 0 Å². The van der Waals surface area contributed by atoms with Crippen molar-refractivity contribution in [1.29, 1.82) is 0 Å². The number of carbonyl (C=O) groups is 2. The Labute approximate surface area is 146 Å². The SMILES string of the molecule is Cc1cc(NC(=O)Nc2ccc(CCC(=O)N3CCCC3)cc2)n[nH]1. The molecule has 3 rings (SSSR count). The van der Waals surface area contributed by atoms with E-state index < -0.39 is 0 Å². The van der Waals surface area contributed by atoms with Gasteiger partial charge in [-0.3, -0.25) is 15.2 Å². The molecule has 0 spiro atoms. The number of aromatic nitrogens is 2.